The minimum absolute atomic E-state index is 0.275. The fourth-order valence-corrected chi connectivity index (χ4v) is 3.34. The van der Waals surface area contributed by atoms with Crippen LogP contribution < -0.4 is 4.72 Å². The summed E-state index contributed by atoms with van der Waals surface area (Å²) < 4.78 is 51.2. The lowest BCUT2D eigenvalue weighted by Crippen LogP contribution is -2.27. The standard InChI is InChI=1S/C9H8BrF2NO4S/c10-6-3-5(11)4-7(12)9(6)18(16,17)13-2-1-8(14)15/h3-4,13H,1-2H2,(H,14,15). The highest BCUT2D eigenvalue weighted by Gasteiger charge is 2.23. The molecule has 0 saturated heterocycles. The van der Waals surface area contributed by atoms with Crippen LogP contribution in [0.4, 0.5) is 8.78 Å². The quantitative estimate of drug-likeness (QED) is 0.848. The molecule has 5 nitrogen and oxygen atoms in total. The number of halogens is 3. The molecule has 0 aliphatic carbocycles. The number of sulfonamides is 1. The number of aliphatic carboxylic acids is 1. The highest BCUT2D eigenvalue weighted by molar-refractivity contribution is 9.10. The zero-order chi connectivity index (χ0) is 13.9. The van der Waals surface area contributed by atoms with Crippen LogP contribution in [0.15, 0.2) is 21.5 Å². The van der Waals surface area contributed by atoms with Crippen LogP contribution in [0.25, 0.3) is 0 Å². The van der Waals surface area contributed by atoms with E-state index in [2.05, 4.69) is 15.9 Å². The molecular formula is C9H8BrF2NO4S. The zero-order valence-electron chi connectivity index (χ0n) is 8.78. The molecule has 0 fully saturated rings. The van der Waals surface area contributed by atoms with E-state index in [9.17, 15) is 22.0 Å². The van der Waals surface area contributed by atoms with Crippen molar-refractivity contribution in [1.82, 2.24) is 4.72 Å². The summed E-state index contributed by atoms with van der Waals surface area (Å²) in [5.74, 6) is -3.38. The van der Waals surface area contributed by atoms with E-state index in [4.69, 9.17) is 5.11 Å². The lowest BCUT2D eigenvalue weighted by Gasteiger charge is -2.08. The van der Waals surface area contributed by atoms with Gasteiger partial charge in [-0.05, 0) is 22.0 Å². The molecule has 1 rings (SSSR count). The van der Waals surface area contributed by atoms with Crippen molar-refractivity contribution in [2.24, 2.45) is 0 Å². The number of rotatable bonds is 5. The first kappa shape index (κ1) is 15.0. The largest absolute Gasteiger partial charge is 0.481 e. The summed E-state index contributed by atoms with van der Waals surface area (Å²) in [6, 6.07) is 1.23. The van der Waals surface area contributed by atoms with Gasteiger partial charge in [-0.3, -0.25) is 4.79 Å². The summed E-state index contributed by atoms with van der Waals surface area (Å²) in [6.45, 7) is -0.388. The number of nitrogens with one attached hydrogen (secondary N) is 1. The van der Waals surface area contributed by atoms with Gasteiger partial charge in [0.05, 0.1) is 6.42 Å². The van der Waals surface area contributed by atoms with Gasteiger partial charge in [-0.25, -0.2) is 21.9 Å². The Morgan fingerprint density at radius 3 is 2.50 bits per heavy atom. The second-order valence-electron chi connectivity index (χ2n) is 3.24. The van der Waals surface area contributed by atoms with Crippen LogP contribution in [0.3, 0.4) is 0 Å². The SMILES string of the molecule is O=C(O)CCNS(=O)(=O)c1c(F)cc(F)cc1Br. The highest BCUT2D eigenvalue weighted by Crippen LogP contribution is 2.25. The number of hydrogen-bond acceptors (Lipinski definition) is 3. The van der Waals surface area contributed by atoms with Crippen molar-refractivity contribution in [2.45, 2.75) is 11.3 Å². The first-order valence-corrected chi connectivity index (χ1v) is 6.87. The maximum Gasteiger partial charge on any atom is 0.304 e. The summed E-state index contributed by atoms with van der Waals surface area (Å²) >= 11 is 2.74. The summed E-state index contributed by atoms with van der Waals surface area (Å²) in [5.41, 5.74) is 0. The second kappa shape index (κ2) is 5.72. The van der Waals surface area contributed by atoms with E-state index in [-0.39, 0.29) is 11.0 Å². The smallest absolute Gasteiger partial charge is 0.304 e. The van der Waals surface area contributed by atoms with Crippen LogP contribution in [-0.2, 0) is 14.8 Å². The molecule has 0 bridgehead atoms. The van der Waals surface area contributed by atoms with Crippen molar-refractivity contribution < 1.29 is 27.1 Å². The molecule has 2 N–H and O–H groups in total. The van der Waals surface area contributed by atoms with Gasteiger partial charge in [0, 0.05) is 17.1 Å². The second-order valence-corrected chi connectivity index (χ2v) is 5.80. The van der Waals surface area contributed by atoms with Crippen LogP contribution in [0.1, 0.15) is 6.42 Å². The Morgan fingerprint density at radius 1 is 1.39 bits per heavy atom. The number of benzene rings is 1. The van der Waals surface area contributed by atoms with Gasteiger partial charge in [-0.1, -0.05) is 0 Å². The minimum atomic E-state index is -4.24. The lowest BCUT2D eigenvalue weighted by molar-refractivity contribution is -0.136. The predicted octanol–water partition coefficient (Wildman–Crippen LogP) is 1.48. The Labute approximate surface area is 110 Å². The summed E-state index contributed by atoms with van der Waals surface area (Å²) in [5, 5.41) is 8.36. The number of carbonyl (C=O) groups is 1. The first-order chi connectivity index (χ1) is 8.24. The van der Waals surface area contributed by atoms with Gasteiger partial charge in [0.15, 0.2) is 0 Å². The van der Waals surface area contributed by atoms with E-state index in [1.807, 2.05) is 4.72 Å². The van der Waals surface area contributed by atoms with E-state index in [1.165, 1.54) is 0 Å². The first-order valence-electron chi connectivity index (χ1n) is 4.60. The molecule has 0 atom stereocenters. The molecule has 0 radical (unpaired) electrons. The van der Waals surface area contributed by atoms with Crippen LogP contribution >= 0.6 is 15.9 Å². The van der Waals surface area contributed by atoms with Crippen molar-refractivity contribution in [3.8, 4) is 0 Å². The third-order valence-electron chi connectivity index (χ3n) is 1.86. The molecule has 1 aromatic rings. The molecule has 1 aromatic carbocycles. The molecule has 0 aromatic heterocycles. The zero-order valence-corrected chi connectivity index (χ0v) is 11.2. The van der Waals surface area contributed by atoms with Crippen LogP contribution in [-0.4, -0.2) is 26.0 Å². The van der Waals surface area contributed by atoms with Crippen molar-refractivity contribution in [3.63, 3.8) is 0 Å². The highest BCUT2D eigenvalue weighted by atomic mass is 79.9. The third-order valence-corrected chi connectivity index (χ3v) is 4.29. The van der Waals surface area contributed by atoms with E-state index >= 15 is 0 Å². The molecule has 0 spiro atoms. The Balaban J connectivity index is 3.02. The van der Waals surface area contributed by atoms with E-state index < -0.39 is 38.9 Å². The third kappa shape index (κ3) is 3.72. The Hall–Kier alpha value is -1.06. The molecule has 0 amide bonds. The summed E-state index contributed by atoms with van der Waals surface area (Å²) in [6.07, 6.45) is -0.445. The van der Waals surface area contributed by atoms with E-state index in [0.29, 0.717) is 6.07 Å². The maximum atomic E-state index is 13.4. The predicted molar refractivity (Wildman–Crippen MR) is 61.5 cm³/mol. The molecule has 0 aliphatic rings. The van der Waals surface area contributed by atoms with Crippen LogP contribution in [0.5, 0.6) is 0 Å². The number of hydrogen-bond donors (Lipinski definition) is 2. The molecule has 100 valence electrons. The molecule has 0 aliphatic heterocycles. The summed E-state index contributed by atoms with van der Waals surface area (Å²) in [4.78, 5) is 9.48. The van der Waals surface area contributed by atoms with E-state index in [0.717, 1.165) is 6.07 Å². The van der Waals surface area contributed by atoms with Gasteiger partial charge in [0.25, 0.3) is 0 Å². The average molecular weight is 344 g/mol. The monoisotopic (exact) mass is 343 g/mol. The molecular weight excluding hydrogens is 336 g/mol. The minimum Gasteiger partial charge on any atom is -0.481 e. The topological polar surface area (TPSA) is 83.5 Å². The van der Waals surface area contributed by atoms with Crippen LogP contribution in [0.2, 0.25) is 0 Å². The van der Waals surface area contributed by atoms with Gasteiger partial charge >= 0.3 is 5.97 Å². The molecule has 18 heavy (non-hydrogen) atoms. The van der Waals surface area contributed by atoms with Gasteiger partial charge < -0.3 is 5.11 Å². The van der Waals surface area contributed by atoms with Gasteiger partial charge in [-0.2, -0.15) is 0 Å². The van der Waals surface area contributed by atoms with Crippen molar-refractivity contribution in [1.29, 1.82) is 0 Å². The number of carboxylic acid groups (broad SMARTS) is 1. The number of carboxylic acids is 1. The molecule has 0 unspecified atom stereocenters. The van der Waals surface area contributed by atoms with Crippen molar-refractivity contribution >= 4 is 31.9 Å². The van der Waals surface area contributed by atoms with Crippen molar-refractivity contribution in [3.05, 3.63) is 28.2 Å². The van der Waals surface area contributed by atoms with Gasteiger partial charge in [0.2, 0.25) is 10.0 Å². The molecule has 0 heterocycles. The summed E-state index contributed by atoms with van der Waals surface area (Å²) in [7, 11) is -4.24. The lowest BCUT2D eigenvalue weighted by atomic mass is 10.3. The fraction of sp³-hybridized carbons (Fsp3) is 0.222. The average Bonchev–Trinajstić information content (AvgIpc) is 2.13. The van der Waals surface area contributed by atoms with E-state index in [1.54, 1.807) is 0 Å². The Bertz CT molecular complexity index is 553. The molecule has 9 heteroatoms. The Kier molecular flexibility index (Phi) is 4.77. The Morgan fingerprint density at radius 2 is 2.00 bits per heavy atom. The van der Waals surface area contributed by atoms with Gasteiger partial charge in [-0.15, -0.1) is 0 Å². The van der Waals surface area contributed by atoms with Crippen LogP contribution in [0, 0.1) is 11.6 Å². The van der Waals surface area contributed by atoms with Crippen molar-refractivity contribution in [2.75, 3.05) is 6.54 Å². The maximum absolute atomic E-state index is 13.4. The van der Waals surface area contributed by atoms with Gasteiger partial charge in [0.1, 0.15) is 16.5 Å². The molecule has 0 saturated carbocycles. The fourth-order valence-electron chi connectivity index (χ4n) is 1.15. The normalized spacial score (nSPS) is 11.5.